The summed E-state index contributed by atoms with van der Waals surface area (Å²) in [6, 6.07) is 1.75. The molecule has 1 saturated heterocycles. The van der Waals surface area contributed by atoms with Gasteiger partial charge in [0.05, 0.1) is 12.0 Å². The maximum Gasteiger partial charge on any atom is 0.305 e. The molecule has 1 atom stereocenters. The molecule has 0 aliphatic carbocycles. The highest BCUT2D eigenvalue weighted by molar-refractivity contribution is 5.96. The number of hydrogen-bond acceptors (Lipinski definition) is 2. The lowest BCUT2D eigenvalue weighted by Gasteiger charge is -2.23. The second-order valence-electron chi connectivity index (χ2n) is 5.42. The zero-order valence-electron chi connectivity index (χ0n) is 12.3. The molecule has 1 aromatic rings. The van der Waals surface area contributed by atoms with Crippen LogP contribution in [-0.2, 0) is 11.3 Å². The van der Waals surface area contributed by atoms with Gasteiger partial charge in [-0.05, 0) is 39.7 Å². The highest BCUT2D eigenvalue weighted by atomic mass is 16.4. The number of aliphatic carboxylic acids is 1. The number of aryl methyl sites for hydroxylation is 1. The summed E-state index contributed by atoms with van der Waals surface area (Å²) in [5.41, 5.74) is 2.75. The van der Waals surface area contributed by atoms with E-state index in [9.17, 15) is 9.59 Å². The molecule has 1 amide bonds. The summed E-state index contributed by atoms with van der Waals surface area (Å²) >= 11 is 0. The van der Waals surface area contributed by atoms with Gasteiger partial charge in [-0.1, -0.05) is 0 Å². The molecule has 1 aliphatic rings. The minimum absolute atomic E-state index is 0.0263. The summed E-state index contributed by atoms with van der Waals surface area (Å²) in [5, 5.41) is 8.94. The largest absolute Gasteiger partial charge is 0.481 e. The summed E-state index contributed by atoms with van der Waals surface area (Å²) in [6.07, 6.45) is 1.71. The average molecular weight is 278 g/mol. The van der Waals surface area contributed by atoms with Crippen LogP contribution in [0.15, 0.2) is 6.07 Å². The molecule has 1 aromatic heterocycles. The lowest BCUT2D eigenvalue weighted by Crippen LogP contribution is -2.37. The first kappa shape index (κ1) is 14.6. The molecule has 0 aromatic carbocycles. The van der Waals surface area contributed by atoms with Gasteiger partial charge in [-0.25, -0.2) is 0 Å². The smallest absolute Gasteiger partial charge is 0.305 e. The van der Waals surface area contributed by atoms with Crippen molar-refractivity contribution in [2.45, 2.75) is 52.6 Å². The molecule has 0 radical (unpaired) electrons. The maximum atomic E-state index is 12.7. The number of nitrogens with zero attached hydrogens (tertiary/aromatic N) is 2. The van der Waals surface area contributed by atoms with Crippen LogP contribution in [0.25, 0.3) is 0 Å². The van der Waals surface area contributed by atoms with Gasteiger partial charge in [0.15, 0.2) is 0 Å². The monoisotopic (exact) mass is 278 g/mol. The van der Waals surface area contributed by atoms with Crippen LogP contribution >= 0.6 is 0 Å². The highest BCUT2D eigenvalue weighted by Gasteiger charge is 2.32. The molecule has 1 aliphatic heterocycles. The third-order valence-corrected chi connectivity index (χ3v) is 4.17. The van der Waals surface area contributed by atoms with Crippen molar-refractivity contribution in [1.82, 2.24) is 9.47 Å². The summed E-state index contributed by atoms with van der Waals surface area (Å²) in [6.45, 7) is 7.49. The SMILES string of the molecule is CCn1c(C)cc(C(=O)N2CCCC2CC(=O)O)c1C. The highest BCUT2D eigenvalue weighted by Crippen LogP contribution is 2.25. The third kappa shape index (κ3) is 2.57. The topological polar surface area (TPSA) is 62.5 Å². The van der Waals surface area contributed by atoms with E-state index in [1.165, 1.54) is 0 Å². The van der Waals surface area contributed by atoms with Crippen molar-refractivity contribution in [3.05, 3.63) is 23.0 Å². The van der Waals surface area contributed by atoms with E-state index in [0.717, 1.165) is 30.8 Å². The van der Waals surface area contributed by atoms with E-state index in [1.54, 1.807) is 4.90 Å². The fourth-order valence-corrected chi connectivity index (χ4v) is 3.18. The Balaban J connectivity index is 2.24. The van der Waals surface area contributed by atoms with Crippen molar-refractivity contribution in [1.29, 1.82) is 0 Å². The van der Waals surface area contributed by atoms with Crippen LogP contribution in [0.2, 0.25) is 0 Å². The van der Waals surface area contributed by atoms with Crippen molar-refractivity contribution >= 4 is 11.9 Å². The van der Waals surface area contributed by atoms with E-state index in [4.69, 9.17) is 5.11 Å². The summed E-state index contributed by atoms with van der Waals surface area (Å²) < 4.78 is 2.11. The first-order valence-corrected chi connectivity index (χ1v) is 7.15. The van der Waals surface area contributed by atoms with E-state index in [1.807, 2.05) is 19.9 Å². The van der Waals surface area contributed by atoms with Gasteiger partial charge in [0.1, 0.15) is 0 Å². The Hall–Kier alpha value is -1.78. The number of amides is 1. The first-order valence-electron chi connectivity index (χ1n) is 7.15. The Morgan fingerprint density at radius 1 is 1.40 bits per heavy atom. The number of carbonyl (C=O) groups excluding carboxylic acids is 1. The zero-order valence-corrected chi connectivity index (χ0v) is 12.3. The van der Waals surface area contributed by atoms with Gasteiger partial charge in [0.25, 0.3) is 5.91 Å². The van der Waals surface area contributed by atoms with Gasteiger partial charge in [-0.2, -0.15) is 0 Å². The van der Waals surface area contributed by atoms with Crippen LogP contribution in [0.1, 0.15) is 47.9 Å². The van der Waals surface area contributed by atoms with Crippen LogP contribution in [0.5, 0.6) is 0 Å². The molecule has 2 rings (SSSR count). The number of carbonyl (C=O) groups is 2. The minimum Gasteiger partial charge on any atom is -0.481 e. The Bertz CT molecular complexity index is 533. The van der Waals surface area contributed by atoms with Crippen molar-refractivity contribution < 1.29 is 14.7 Å². The maximum absolute atomic E-state index is 12.7. The van der Waals surface area contributed by atoms with Crippen LogP contribution in [0.3, 0.4) is 0 Å². The molecule has 1 fully saturated rings. The van der Waals surface area contributed by atoms with Crippen molar-refractivity contribution in [3.63, 3.8) is 0 Å². The molecule has 5 heteroatoms. The number of rotatable bonds is 4. The van der Waals surface area contributed by atoms with Gasteiger partial charge < -0.3 is 14.6 Å². The Morgan fingerprint density at radius 2 is 2.10 bits per heavy atom. The molecule has 1 N–H and O–H groups in total. The standard InChI is InChI=1S/C15H22N2O3/c1-4-16-10(2)8-13(11(16)3)15(20)17-7-5-6-12(17)9-14(18)19/h8,12H,4-7,9H2,1-3H3,(H,18,19). The molecule has 20 heavy (non-hydrogen) atoms. The van der Waals surface area contributed by atoms with Crippen molar-refractivity contribution in [2.24, 2.45) is 0 Å². The predicted molar refractivity (Wildman–Crippen MR) is 75.9 cm³/mol. The fourth-order valence-electron chi connectivity index (χ4n) is 3.18. The van der Waals surface area contributed by atoms with Gasteiger partial charge in [-0.15, -0.1) is 0 Å². The van der Waals surface area contributed by atoms with Crippen molar-refractivity contribution in [2.75, 3.05) is 6.54 Å². The molecule has 2 heterocycles. The van der Waals surface area contributed by atoms with E-state index < -0.39 is 5.97 Å². The normalized spacial score (nSPS) is 18.6. The summed E-state index contributed by atoms with van der Waals surface area (Å²) in [4.78, 5) is 25.3. The zero-order chi connectivity index (χ0) is 14.9. The molecule has 0 saturated carbocycles. The van der Waals surface area contributed by atoms with Crippen LogP contribution < -0.4 is 0 Å². The Morgan fingerprint density at radius 3 is 2.65 bits per heavy atom. The van der Waals surface area contributed by atoms with E-state index in [0.29, 0.717) is 12.1 Å². The Kier molecular flexibility index (Phi) is 4.16. The van der Waals surface area contributed by atoms with Crippen molar-refractivity contribution in [3.8, 4) is 0 Å². The lowest BCUT2D eigenvalue weighted by molar-refractivity contribution is -0.137. The average Bonchev–Trinajstić information content (AvgIpc) is 2.93. The molecule has 1 unspecified atom stereocenters. The first-order chi connectivity index (χ1) is 9.45. The Labute approximate surface area is 119 Å². The molecule has 0 bridgehead atoms. The van der Waals surface area contributed by atoms with Crippen LogP contribution in [0, 0.1) is 13.8 Å². The van der Waals surface area contributed by atoms with E-state index in [2.05, 4.69) is 11.5 Å². The predicted octanol–water partition coefficient (Wildman–Crippen LogP) is 2.20. The summed E-state index contributed by atoms with van der Waals surface area (Å²) in [5.74, 6) is -0.865. The second-order valence-corrected chi connectivity index (χ2v) is 5.42. The van der Waals surface area contributed by atoms with E-state index in [-0.39, 0.29) is 18.4 Å². The molecular weight excluding hydrogens is 256 g/mol. The number of hydrogen-bond donors (Lipinski definition) is 1. The van der Waals surface area contributed by atoms with Gasteiger partial charge in [0, 0.05) is 30.5 Å². The van der Waals surface area contributed by atoms with Crippen LogP contribution in [0.4, 0.5) is 0 Å². The molecule has 5 nitrogen and oxygen atoms in total. The molecular formula is C15H22N2O3. The number of likely N-dealkylation sites (tertiary alicyclic amines) is 1. The molecule has 0 spiro atoms. The quantitative estimate of drug-likeness (QED) is 0.918. The fraction of sp³-hybridized carbons (Fsp3) is 0.600. The minimum atomic E-state index is -0.839. The number of carboxylic acid groups (broad SMARTS) is 1. The van der Waals surface area contributed by atoms with Crippen LogP contribution in [-0.4, -0.2) is 39.0 Å². The third-order valence-electron chi connectivity index (χ3n) is 4.17. The van der Waals surface area contributed by atoms with Gasteiger partial charge in [0.2, 0.25) is 0 Å². The second kappa shape index (κ2) is 5.69. The number of carboxylic acids is 1. The van der Waals surface area contributed by atoms with Gasteiger partial charge >= 0.3 is 5.97 Å². The van der Waals surface area contributed by atoms with Gasteiger partial charge in [-0.3, -0.25) is 9.59 Å². The summed E-state index contributed by atoms with van der Waals surface area (Å²) in [7, 11) is 0. The van der Waals surface area contributed by atoms with E-state index >= 15 is 0 Å². The number of aromatic nitrogens is 1. The lowest BCUT2D eigenvalue weighted by atomic mass is 10.1. The molecule has 110 valence electrons.